The first kappa shape index (κ1) is 100. The fraction of sp³-hybridized carbons (Fsp3) is 0.952. The Bertz CT molecular complexity index is 1980. The Labute approximate surface area is 626 Å². The second-order valence-corrected chi connectivity index (χ2v) is 34.0. The highest BCUT2D eigenvalue weighted by Crippen LogP contribution is 2.45. The smallest absolute Gasteiger partial charge is 0.462 e. The molecule has 0 saturated carbocycles. The molecule has 0 fully saturated rings. The van der Waals surface area contributed by atoms with Crippen LogP contribution in [0.1, 0.15) is 434 Å². The molecule has 0 aromatic carbocycles. The average molecular weight is 1490 g/mol. The molecule has 0 aromatic heterocycles. The number of esters is 4. The molecule has 6 atom stereocenters. The molecule has 0 rings (SSSR count). The number of phosphoric ester groups is 2. The largest absolute Gasteiger partial charge is 0.472 e. The summed E-state index contributed by atoms with van der Waals surface area (Å²) in [6.07, 6.45) is 62.4. The van der Waals surface area contributed by atoms with Crippen LogP contribution in [-0.2, 0) is 65.4 Å². The number of carbonyl (C=O) groups excluding carboxylic acids is 4. The van der Waals surface area contributed by atoms with Crippen molar-refractivity contribution in [2.24, 2.45) is 17.8 Å². The van der Waals surface area contributed by atoms with E-state index < -0.39 is 97.5 Å². The molecule has 17 nitrogen and oxygen atoms in total. The van der Waals surface area contributed by atoms with Gasteiger partial charge in [-0.2, -0.15) is 0 Å². The van der Waals surface area contributed by atoms with Gasteiger partial charge in [-0.25, -0.2) is 9.13 Å². The molecule has 0 aliphatic carbocycles. The van der Waals surface area contributed by atoms with Gasteiger partial charge in [-0.05, 0) is 43.4 Å². The second kappa shape index (κ2) is 73.2. The summed E-state index contributed by atoms with van der Waals surface area (Å²) in [7, 11) is -9.92. The lowest BCUT2D eigenvalue weighted by molar-refractivity contribution is -0.161. The highest BCUT2D eigenvalue weighted by Gasteiger charge is 2.30. The standard InChI is InChI=1S/C83H162O17P2/c1-8-10-11-12-13-14-27-36-43-50-57-64-80(85)93-71-79(100-83(88)67-60-53-46-39-32-34-41-48-55-62-75(5)6)73-98-102(91,92)96-69-77(84)68-95-101(89,90)97-72-78(70-94-81(86)65-58-51-44-37-30-25-22-21-24-29-35-42-49-56-63-76(7)9-2)99-82(87)66-59-52-45-38-31-26-20-18-16-15-17-19-23-28-33-40-47-54-61-74(3)4/h74-79,84H,8-73H2,1-7H3,(H,89,90)(H,91,92)/t76?,77-,78-,79-/m1/s1. The number of hydrogen-bond donors (Lipinski definition) is 3. The highest BCUT2D eigenvalue weighted by atomic mass is 31.2. The summed E-state index contributed by atoms with van der Waals surface area (Å²) >= 11 is 0. The van der Waals surface area contributed by atoms with Crippen LogP contribution in [0.25, 0.3) is 0 Å². The fourth-order valence-electron chi connectivity index (χ4n) is 12.8. The zero-order valence-electron chi connectivity index (χ0n) is 67.1. The number of unbranched alkanes of at least 4 members (excludes halogenated alkanes) is 48. The van der Waals surface area contributed by atoms with Crippen molar-refractivity contribution >= 4 is 39.5 Å². The van der Waals surface area contributed by atoms with Crippen LogP contribution in [-0.4, -0.2) is 96.7 Å². The summed E-state index contributed by atoms with van der Waals surface area (Å²) < 4.78 is 68.8. The van der Waals surface area contributed by atoms with Gasteiger partial charge in [-0.3, -0.25) is 37.3 Å². The van der Waals surface area contributed by atoms with Crippen molar-refractivity contribution in [3.63, 3.8) is 0 Å². The molecule has 0 amide bonds. The summed E-state index contributed by atoms with van der Waals surface area (Å²) in [5, 5.41) is 10.6. The monoisotopic (exact) mass is 1490 g/mol. The van der Waals surface area contributed by atoms with E-state index in [4.69, 9.17) is 37.0 Å². The van der Waals surface area contributed by atoms with Gasteiger partial charge in [0.15, 0.2) is 12.2 Å². The van der Waals surface area contributed by atoms with Gasteiger partial charge in [0.2, 0.25) is 0 Å². The first-order valence-corrected chi connectivity index (χ1v) is 45.9. The van der Waals surface area contributed by atoms with Crippen LogP contribution in [0.5, 0.6) is 0 Å². The van der Waals surface area contributed by atoms with Gasteiger partial charge in [0.1, 0.15) is 19.3 Å². The molecular weight excluding hydrogens is 1330 g/mol. The van der Waals surface area contributed by atoms with Gasteiger partial charge < -0.3 is 33.8 Å². The Morgan fingerprint density at radius 1 is 0.284 bits per heavy atom. The summed E-state index contributed by atoms with van der Waals surface area (Å²) in [4.78, 5) is 73.1. The normalized spacial score (nSPS) is 14.2. The summed E-state index contributed by atoms with van der Waals surface area (Å²) in [5.74, 6) is 0.298. The van der Waals surface area contributed by atoms with Gasteiger partial charge in [-0.1, -0.05) is 382 Å². The molecule has 0 aliphatic heterocycles. The number of phosphoric acid groups is 2. The van der Waals surface area contributed by atoms with Crippen LogP contribution in [0.4, 0.5) is 0 Å². The lowest BCUT2D eigenvalue weighted by atomic mass is 9.99. The molecule has 0 bridgehead atoms. The van der Waals surface area contributed by atoms with Gasteiger partial charge in [0.25, 0.3) is 0 Å². The zero-order valence-corrected chi connectivity index (χ0v) is 68.9. The summed E-state index contributed by atoms with van der Waals surface area (Å²) in [5.41, 5.74) is 0. The molecule has 0 radical (unpaired) electrons. The van der Waals surface area contributed by atoms with Crippen LogP contribution in [0.3, 0.4) is 0 Å². The van der Waals surface area contributed by atoms with Crippen molar-refractivity contribution in [2.45, 2.75) is 452 Å². The predicted octanol–water partition coefficient (Wildman–Crippen LogP) is 24.9. The van der Waals surface area contributed by atoms with E-state index in [2.05, 4.69) is 48.5 Å². The number of aliphatic hydroxyl groups excluding tert-OH is 1. The minimum Gasteiger partial charge on any atom is -0.462 e. The third-order valence-corrected chi connectivity index (χ3v) is 21.6. The van der Waals surface area contributed by atoms with Crippen molar-refractivity contribution in [3.8, 4) is 0 Å². The van der Waals surface area contributed by atoms with E-state index in [1.807, 2.05) is 0 Å². The maximum atomic E-state index is 13.1. The van der Waals surface area contributed by atoms with Crippen LogP contribution < -0.4 is 0 Å². The maximum Gasteiger partial charge on any atom is 0.472 e. The van der Waals surface area contributed by atoms with Gasteiger partial charge in [0, 0.05) is 25.7 Å². The molecule has 3 N–H and O–H groups in total. The Morgan fingerprint density at radius 2 is 0.500 bits per heavy atom. The number of hydrogen-bond acceptors (Lipinski definition) is 15. The van der Waals surface area contributed by atoms with E-state index >= 15 is 0 Å². The number of ether oxygens (including phenoxy) is 4. The van der Waals surface area contributed by atoms with Crippen molar-refractivity contribution in [2.75, 3.05) is 39.6 Å². The molecule has 102 heavy (non-hydrogen) atoms. The third kappa shape index (κ3) is 74.9. The van der Waals surface area contributed by atoms with E-state index in [9.17, 15) is 43.2 Å². The van der Waals surface area contributed by atoms with E-state index in [0.29, 0.717) is 25.7 Å². The van der Waals surface area contributed by atoms with Crippen molar-refractivity contribution in [1.82, 2.24) is 0 Å². The maximum absolute atomic E-state index is 13.1. The molecule has 0 saturated heterocycles. The summed E-state index contributed by atoms with van der Waals surface area (Å²) in [6, 6.07) is 0. The van der Waals surface area contributed by atoms with Gasteiger partial charge >= 0.3 is 39.5 Å². The van der Waals surface area contributed by atoms with Crippen molar-refractivity contribution in [1.29, 1.82) is 0 Å². The van der Waals surface area contributed by atoms with Crippen molar-refractivity contribution in [3.05, 3.63) is 0 Å². The lowest BCUT2D eigenvalue weighted by Gasteiger charge is -2.21. The molecular formula is C83H162O17P2. The van der Waals surface area contributed by atoms with E-state index in [1.54, 1.807) is 0 Å². The third-order valence-electron chi connectivity index (χ3n) is 19.7. The lowest BCUT2D eigenvalue weighted by Crippen LogP contribution is -2.30. The van der Waals surface area contributed by atoms with Crippen LogP contribution >= 0.6 is 15.6 Å². The SMILES string of the molecule is CCCCCCCCCCCCCC(=O)OC[C@H](COP(=O)(O)OC[C@H](O)COP(=O)(O)OC[C@@H](COC(=O)CCCCCCCCCCCCCCCCC(C)CC)OC(=O)CCCCCCCCCCCCCCCCCCCCC(C)C)OC(=O)CCCCCCCCCCCC(C)C. The van der Waals surface area contributed by atoms with Crippen molar-refractivity contribution < 1.29 is 80.2 Å². The Balaban J connectivity index is 5.23. The molecule has 0 aromatic rings. The first-order chi connectivity index (χ1) is 49.3. The topological polar surface area (TPSA) is 237 Å². The molecule has 0 heterocycles. The molecule has 0 spiro atoms. The van der Waals surface area contributed by atoms with Gasteiger partial charge in [-0.15, -0.1) is 0 Å². The average Bonchev–Trinajstić information content (AvgIpc) is 0.909. The van der Waals surface area contributed by atoms with Crippen LogP contribution in [0, 0.1) is 17.8 Å². The zero-order chi connectivity index (χ0) is 75.1. The minimum absolute atomic E-state index is 0.106. The number of carbonyl (C=O) groups is 4. The van der Waals surface area contributed by atoms with Gasteiger partial charge in [0.05, 0.1) is 26.4 Å². The minimum atomic E-state index is -4.96. The van der Waals surface area contributed by atoms with E-state index in [1.165, 1.54) is 244 Å². The molecule has 606 valence electrons. The number of aliphatic hydroxyl groups is 1. The Kier molecular flexibility index (Phi) is 71.8. The molecule has 0 aliphatic rings. The number of rotatable bonds is 81. The quantitative estimate of drug-likeness (QED) is 0.0222. The van der Waals surface area contributed by atoms with Crippen LogP contribution in [0.15, 0.2) is 0 Å². The molecule has 3 unspecified atom stereocenters. The van der Waals surface area contributed by atoms with E-state index in [0.717, 1.165) is 108 Å². The van der Waals surface area contributed by atoms with Crippen LogP contribution in [0.2, 0.25) is 0 Å². The Hall–Kier alpha value is -1.94. The second-order valence-electron chi connectivity index (χ2n) is 31.1. The van der Waals surface area contributed by atoms with E-state index in [-0.39, 0.29) is 25.7 Å². The fourth-order valence-corrected chi connectivity index (χ4v) is 14.4. The summed E-state index contributed by atoms with van der Waals surface area (Å²) in [6.45, 7) is 12.0. The molecule has 19 heteroatoms. The first-order valence-electron chi connectivity index (χ1n) is 42.9. The predicted molar refractivity (Wildman–Crippen MR) is 418 cm³/mol. The Morgan fingerprint density at radius 3 is 0.745 bits per heavy atom. The highest BCUT2D eigenvalue weighted by molar-refractivity contribution is 7.47.